The standard InChI is InChI=1S/C15H18N2O2/c1-2-19-10-4-7-15(18)17-14-6-3-5-12-11-16-9-8-13(12)14/h3,5-6,8-9,11H,2,4,7,10H2,1H3,(H,17,18). The molecule has 1 aromatic carbocycles. The normalized spacial score (nSPS) is 10.6. The highest BCUT2D eigenvalue weighted by molar-refractivity contribution is 6.01. The molecule has 1 N–H and O–H groups in total. The molecule has 19 heavy (non-hydrogen) atoms. The number of carbonyl (C=O) groups is 1. The van der Waals surface area contributed by atoms with E-state index in [1.54, 1.807) is 12.4 Å². The predicted molar refractivity (Wildman–Crippen MR) is 76.1 cm³/mol. The van der Waals surface area contributed by atoms with Crippen molar-refractivity contribution >= 4 is 22.4 Å². The van der Waals surface area contributed by atoms with Crippen LogP contribution in [-0.4, -0.2) is 24.1 Å². The average Bonchev–Trinajstić information content (AvgIpc) is 2.44. The van der Waals surface area contributed by atoms with Gasteiger partial charge in [0, 0.05) is 48.5 Å². The molecule has 1 heterocycles. The third-order valence-electron chi connectivity index (χ3n) is 2.85. The van der Waals surface area contributed by atoms with E-state index in [9.17, 15) is 4.79 Å². The molecule has 1 aromatic heterocycles. The molecule has 0 atom stereocenters. The molecule has 0 saturated heterocycles. The Morgan fingerprint density at radius 2 is 2.26 bits per heavy atom. The zero-order valence-corrected chi connectivity index (χ0v) is 11.1. The largest absolute Gasteiger partial charge is 0.382 e. The fourth-order valence-corrected chi connectivity index (χ4v) is 1.92. The van der Waals surface area contributed by atoms with Gasteiger partial charge in [0.05, 0.1) is 0 Å². The second kappa shape index (κ2) is 6.85. The fourth-order valence-electron chi connectivity index (χ4n) is 1.92. The lowest BCUT2D eigenvalue weighted by molar-refractivity contribution is -0.116. The number of anilines is 1. The second-order valence-corrected chi connectivity index (χ2v) is 4.25. The highest BCUT2D eigenvalue weighted by Gasteiger charge is 2.05. The average molecular weight is 258 g/mol. The van der Waals surface area contributed by atoms with Crippen molar-refractivity contribution in [2.45, 2.75) is 19.8 Å². The van der Waals surface area contributed by atoms with Gasteiger partial charge in [-0.3, -0.25) is 9.78 Å². The number of carbonyl (C=O) groups excluding carboxylic acids is 1. The minimum Gasteiger partial charge on any atom is -0.382 e. The summed E-state index contributed by atoms with van der Waals surface area (Å²) in [5.41, 5.74) is 0.835. The SMILES string of the molecule is CCOCCCC(=O)Nc1cccc2cnccc12. The van der Waals surface area contributed by atoms with Crippen molar-refractivity contribution in [3.63, 3.8) is 0 Å². The Balaban J connectivity index is 1.99. The molecule has 0 aliphatic heterocycles. The van der Waals surface area contributed by atoms with Crippen LogP contribution in [0, 0.1) is 0 Å². The number of rotatable bonds is 6. The summed E-state index contributed by atoms with van der Waals surface area (Å²) < 4.78 is 5.22. The smallest absolute Gasteiger partial charge is 0.224 e. The molecule has 2 rings (SSSR count). The number of hydrogen-bond donors (Lipinski definition) is 1. The fraction of sp³-hybridized carbons (Fsp3) is 0.333. The van der Waals surface area contributed by atoms with Crippen LogP contribution in [-0.2, 0) is 9.53 Å². The number of benzene rings is 1. The van der Waals surface area contributed by atoms with E-state index in [2.05, 4.69) is 10.3 Å². The molecule has 4 heteroatoms. The van der Waals surface area contributed by atoms with Crippen molar-refractivity contribution in [3.05, 3.63) is 36.7 Å². The third kappa shape index (κ3) is 3.76. The summed E-state index contributed by atoms with van der Waals surface area (Å²) in [7, 11) is 0. The van der Waals surface area contributed by atoms with Gasteiger partial charge in [-0.05, 0) is 25.5 Å². The number of hydrogen-bond acceptors (Lipinski definition) is 3. The summed E-state index contributed by atoms with van der Waals surface area (Å²) >= 11 is 0. The van der Waals surface area contributed by atoms with E-state index in [1.807, 2.05) is 31.2 Å². The molecule has 2 aromatic rings. The Morgan fingerprint density at radius 1 is 1.37 bits per heavy atom. The highest BCUT2D eigenvalue weighted by Crippen LogP contribution is 2.22. The molecule has 0 aliphatic carbocycles. The van der Waals surface area contributed by atoms with Crippen LogP contribution < -0.4 is 5.32 Å². The molecule has 1 amide bonds. The van der Waals surface area contributed by atoms with Crippen LogP contribution >= 0.6 is 0 Å². The summed E-state index contributed by atoms with van der Waals surface area (Å²) in [6.45, 7) is 3.27. The van der Waals surface area contributed by atoms with Crippen LogP contribution in [0.25, 0.3) is 10.8 Å². The molecule has 0 saturated carbocycles. The summed E-state index contributed by atoms with van der Waals surface area (Å²) in [5.74, 6) is 0.0176. The minimum absolute atomic E-state index is 0.0176. The lowest BCUT2D eigenvalue weighted by atomic mass is 10.1. The Labute approximate surface area is 112 Å². The molecule has 0 spiro atoms. The maximum absolute atomic E-state index is 11.8. The Hall–Kier alpha value is -1.94. The molecule has 0 unspecified atom stereocenters. The van der Waals surface area contributed by atoms with E-state index in [0.717, 1.165) is 22.9 Å². The zero-order valence-electron chi connectivity index (χ0n) is 11.1. The molecular formula is C15H18N2O2. The number of nitrogens with one attached hydrogen (secondary N) is 1. The van der Waals surface area contributed by atoms with Gasteiger partial charge < -0.3 is 10.1 Å². The van der Waals surface area contributed by atoms with Crippen molar-refractivity contribution in [2.24, 2.45) is 0 Å². The van der Waals surface area contributed by atoms with Crippen LogP contribution in [0.3, 0.4) is 0 Å². The van der Waals surface area contributed by atoms with Crippen molar-refractivity contribution in [3.8, 4) is 0 Å². The first kappa shape index (κ1) is 13.5. The lowest BCUT2D eigenvalue weighted by Gasteiger charge is -2.08. The number of amides is 1. The molecule has 0 fully saturated rings. The number of fused-ring (bicyclic) bond motifs is 1. The van der Waals surface area contributed by atoms with Gasteiger partial charge in [-0.25, -0.2) is 0 Å². The summed E-state index contributed by atoms with van der Waals surface area (Å²) in [4.78, 5) is 15.9. The number of pyridine rings is 1. The van der Waals surface area contributed by atoms with Crippen LogP contribution in [0.15, 0.2) is 36.7 Å². The Morgan fingerprint density at radius 3 is 3.11 bits per heavy atom. The second-order valence-electron chi connectivity index (χ2n) is 4.25. The maximum atomic E-state index is 11.8. The maximum Gasteiger partial charge on any atom is 0.224 e. The van der Waals surface area contributed by atoms with Crippen LogP contribution in [0.1, 0.15) is 19.8 Å². The summed E-state index contributed by atoms with van der Waals surface area (Å²) in [5, 5.41) is 4.97. The third-order valence-corrected chi connectivity index (χ3v) is 2.85. The molecule has 0 aliphatic rings. The monoisotopic (exact) mass is 258 g/mol. The predicted octanol–water partition coefficient (Wildman–Crippen LogP) is 2.99. The molecule has 100 valence electrons. The first-order valence-electron chi connectivity index (χ1n) is 6.51. The Kier molecular flexibility index (Phi) is 4.86. The van der Waals surface area contributed by atoms with Crippen molar-refractivity contribution < 1.29 is 9.53 Å². The number of aromatic nitrogens is 1. The first-order chi connectivity index (χ1) is 9.31. The van der Waals surface area contributed by atoms with E-state index in [-0.39, 0.29) is 5.91 Å². The van der Waals surface area contributed by atoms with Gasteiger partial charge in [0.25, 0.3) is 0 Å². The first-order valence-corrected chi connectivity index (χ1v) is 6.51. The van der Waals surface area contributed by atoms with Gasteiger partial charge in [-0.15, -0.1) is 0 Å². The van der Waals surface area contributed by atoms with Gasteiger partial charge in [-0.1, -0.05) is 12.1 Å². The van der Waals surface area contributed by atoms with Crippen LogP contribution in [0.2, 0.25) is 0 Å². The Bertz CT molecular complexity index is 549. The van der Waals surface area contributed by atoms with Crippen LogP contribution in [0.4, 0.5) is 5.69 Å². The summed E-state index contributed by atoms with van der Waals surface area (Å²) in [6.07, 6.45) is 4.74. The van der Waals surface area contributed by atoms with E-state index >= 15 is 0 Å². The van der Waals surface area contributed by atoms with E-state index < -0.39 is 0 Å². The van der Waals surface area contributed by atoms with Gasteiger partial charge >= 0.3 is 0 Å². The van der Waals surface area contributed by atoms with Crippen molar-refractivity contribution in [2.75, 3.05) is 18.5 Å². The van der Waals surface area contributed by atoms with E-state index in [4.69, 9.17) is 4.74 Å². The zero-order chi connectivity index (χ0) is 13.5. The molecule has 4 nitrogen and oxygen atoms in total. The van der Waals surface area contributed by atoms with Crippen molar-refractivity contribution in [1.29, 1.82) is 0 Å². The van der Waals surface area contributed by atoms with Gasteiger partial charge in [0.15, 0.2) is 0 Å². The van der Waals surface area contributed by atoms with Gasteiger partial charge in [0.1, 0.15) is 0 Å². The lowest BCUT2D eigenvalue weighted by Crippen LogP contribution is -2.12. The highest BCUT2D eigenvalue weighted by atomic mass is 16.5. The topological polar surface area (TPSA) is 51.2 Å². The molecular weight excluding hydrogens is 240 g/mol. The van der Waals surface area contributed by atoms with Gasteiger partial charge in [-0.2, -0.15) is 0 Å². The number of nitrogens with zero attached hydrogens (tertiary/aromatic N) is 1. The van der Waals surface area contributed by atoms with Crippen LogP contribution in [0.5, 0.6) is 0 Å². The molecule has 0 radical (unpaired) electrons. The quantitative estimate of drug-likeness (QED) is 0.810. The van der Waals surface area contributed by atoms with E-state index in [0.29, 0.717) is 19.6 Å². The number of ether oxygens (including phenoxy) is 1. The van der Waals surface area contributed by atoms with Gasteiger partial charge in [0.2, 0.25) is 5.91 Å². The summed E-state index contributed by atoms with van der Waals surface area (Å²) in [6, 6.07) is 7.71. The van der Waals surface area contributed by atoms with E-state index in [1.165, 1.54) is 0 Å². The minimum atomic E-state index is 0.0176. The molecule has 0 bridgehead atoms. The van der Waals surface area contributed by atoms with Crippen molar-refractivity contribution in [1.82, 2.24) is 4.98 Å².